The molecular weight excluding hydrogens is 290 g/mol. The molecule has 2 aromatic rings. The van der Waals surface area contributed by atoms with Gasteiger partial charge in [-0.05, 0) is 24.3 Å². The molecule has 1 aliphatic heterocycles. The van der Waals surface area contributed by atoms with Crippen LogP contribution in [0.3, 0.4) is 0 Å². The Balaban J connectivity index is 1.99. The molecule has 106 valence electrons. The van der Waals surface area contributed by atoms with E-state index in [1.165, 1.54) is 24.3 Å². The summed E-state index contributed by atoms with van der Waals surface area (Å²) < 4.78 is 30.9. The molecular formula is C14H11N3O3S. The van der Waals surface area contributed by atoms with Crippen molar-refractivity contribution in [1.29, 1.82) is 5.41 Å². The highest BCUT2D eigenvalue weighted by atomic mass is 32.2. The van der Waals surface area contributed by atoms with Crippen molar-refractivity contribution in [3.05, 3.63) is 59.7 Å². The van der Waals surface area contributed by atoms with E-state index >= 15 is 0 Å². The maximum atomic E-state index is 11.0. The van der Waals surface area contributed by atoms with E-state index in [0.717, 1.165) is 11.1 Å². The molecule has 0 aromatic heterocycles. The number of aliphatic imine (C=N–C) groups is 1. The maximum Gasteiger partial charge on any atom is 0.294 e. The fraction of sp³-hybridized carbons (Fsp3) is 0. The molecule has 0 saturated carbocycles. The lowest BCUT2D eigenvalue weighted by Crippen LogP contribution is -2.21. The van der Waals surface area contributed by atoms with Gasteiger partial charge in [-0.2, -0.15) is 8.42 Å². The largest absolute Gasteiger partial charge is 0.324 e. The highest BCUT2D eigenvalue weighted by Crippen LogP contribution is 2.21. The Morgan fingerprint density at radius 2 is 1.62 bits per heavy atom. The first-order valence-corrected chi connectivity index (χ1v) is 7.51. The third-order valence-electron chi connectivity index (χ3n) is 3.07. The van der Waals surface area contributed by atoms with Crippen LogP contribution >= 0.6 is 0 Å². The molecule has 7 heteroatoms. The summed E-state index contributed by atoms with van der Waals surface area (Å²) in [5.74, 6) is 0.814. The molecule has 0 amide bonds. The van der Waals surface area contributed by atoms with Crippen LogP contribution in [0.15, 0.2) is 58.4 Å². The van der Waals surface area contributed by atoms with Crippen LogP contribution in [0.5, 0.6) is 0 Å². The molecule has 0 unspecified atom stereocenters. The summed E-state index contributed by atoms with van der Waals surface area (Å²) in [5.41, 5.74) is 2.11. The van der Waals surface area contributed by atoms with Crippen LogP contribution < -0.4 is 5.32 Å². The van der Waals surface area contributed by atoms with E-state index in [2.05, 4.69) is 10.3 Å². The van der Waals surface area contributed by atoms with Crippen molar-refractivity contribution in [2.45, 2.75) is 4.90 Å². The molecule has 0 atom stereocenters. The zero-order valence-electron chi connectivity index (χ0n) is 10.7. The van der Waals surface area contributed by atoms with Gasteiger partial charge in [-0.3, -0.25) is 9.96 Å². The third kappa shape index (κ3) is 2.56. The lowest BCUT2D eigenvalue weighted by atomic mass is 10.1. The van der Waals surface area contributed by atoms with Gasteiger partial charge >= 0.3 is 0 Å². The molecule has 1 heterocycles. The van der Waals surface area contributed by atoms with Gasteiger partial charge in [-0.1, -0.05) is 24.3 Å². The molecule has 0 radical (unpaired) electrons. The van der Waals surface area contributed by atoms with Gasteiger partial charge in [0.1, 0.15) is 11.7 Å². The van der Waals surface area contributed by atoms with Crippen molar-refractivity contribution in [3.8, 4) is 0 Å². The topological polar surface area (TPSA) is 103 Å². The minimum absolute atomic E-state index is 0.182. The van der Waals surface area contributed by atoms with Crippen LogP contribution in [-0.2, 0) is 10.1 Å². The van der Waals surface area contributed by atoms with E-state index in [1.54, 1.807) is 0 Å². The molecule has 0 fully saturated rings. The Hall–Kier alpha value is -2.51. The highest BCUT2D eigenvalue weighted by Gasteiger charge is 2.21. The number of amidine groups is 2. The van der Waals surface area contributed by atoms with E-state index in [9.17, 15) is 8.42 Å². The van der Waals surface area contributed by atoms with Crippen LogP contribution in [0.1, 0.15) is 11.1 Å². The number of rotatable bonds is 2. The molecule has 0 aliphatic carbocycles. The highest BCUT2D eigenvalue weighted by molar-refractivity contribution is 7.85. The number of benzene rings is 2. The van der Waals surface area contributed by atoms with Gasteiger partial charge < -0.3 is 5.32 Å². The zero-order valence-corrected chi connectivity index (χ0v) is 11.6. The smallest absolute Gasteiger partial charge is 0.294 e. The summed E-state index contributed by atoms with van der Waals surface area (Å²) in [6.45, 7) is 0. The Morgan fingerprint density at radius 3 is 2.24 bits per heavy atom. The Kier molecular flexibility index (Phi) is 3.08. The minimum atomic E-state index is -4.20. The summed E-state index contributed by atoms with van der Waals surface area (Å²) >= 11 is 0. The molecule has 3 rings (SSSR count). The summed E-state index contributed by atoms with van der Waals surface area (Å²) in [6.07, 6.45) is 0. The standard InChI is InChI=1S/C14H11N3O3S/c15-13-11-3-1-2-4-12(11)14(17-13)16-9-5-7-10(8-6-9)21(18,19)20/h1-8H,(H2,15,16,17)(H,18,19,20). The monoisotopic (exact) mass is 301 g/mol. The van der Waals surface area contributed by atoms with E-state index in [4.69, 9.17) is 9.96 Å². The molecule has 21 heavy (non-hydrogen) atoms. The van der Waals surface area contributed by atoms with Crippen LogP contribution in [0.2, 0.25) is 0 Å². The normalized spacial score (nSPS) is 15.9. The van der Waals surface area contributed by atoms with Crippen molar-refractivity contribution in [2.75, 3.05) is 0 Å². The number of nitrogens with zero attached hydrogens (tertiary/aromatic N) is 1. The van der Waals surface area contributed by atoms with Gasteiger partial charge in [0.05, 0.1) is 10.6 Å². The number of fused-ring (bicyclic) bond motifs is 1. The Bertz CT molecular complexity index is 855. The zero-order chi connectivity index (χ0) is 15.0. The second-order valence-corrected chi connectivity index (χ2v) is 5.90. The average molecular weight is 301 g/mol. The van der Waals surface area contributed by atoms with Gasteiger partial charge in [-0.15, -0.1) is 0 Å². The molecule has 0 saturated heterocycles. The van der Waals surface area contributed by atoms with Crippen molar-refractivity contribution in [3.63, 3.8) is 0 Å². The van der Waals surface area contributed by atoms with Crippen molar-refractivity contribution in [2.24, 2.45) is 4.99 Å². The maximum absolute atomic E-state index is 11.0. The number of nitrogens with one attached hydrogen (secondary N) is 2. The van der Waals surface area contributed by atoms with Crippen molar-refractivity contribution in [1.82, 2.24) is 5.32 Å². The second kappa shape index (κ2) is 4.80. The Morgan fingerprint density at radius 1 is 1.00 bits per heavy atom. The lowest BCUT2D eigenvalue weighted by Gasteiger charge is -2.01. The molecule has 0 bridgehead atoms. The lowest BCUT2D eigenvalue weighted by molar-refractivity contribution is 0.483. The molecule has 3 N–H and O–H groups in total. The first-order chi connectivity index (χ1) is 9.95. The van der Waals surface area contributed by atoms with Crippen molar-refractivity contribution < 1.29 is 13.0 Å². The average Bonchev–Trinajstić information content (AvgIpc) is 2.76. The fourth-order valence-electron chi connectivity index (χ4n) is 2.07. The van der Waals surface area contributed by atoms with Gasteiger partial charge in [0, 0.05) is 11.1 Å². The summed E-state index contributed by atoms with van der Waals surface area (Å²) in [4.78, 5) is 4.18. The van der Waals surface area contributed by atoms with Crippen LogP contribution in [-0.4, -0.2) is 24.6 Å². The fourth-order valence-corrected chi connectivity index (χ4v) is 2.55. The minimum Gasteiger partial charge on any atom is -0.324 e. The predicted octanol–water partition coefficient (Wildman–Crippen LogP) is 1.94. The quantitative estimate of drug-likeness (QED) is 0.737. The Labute approximate surface area is 121 Å². The van der Waals surface area contributed by atoms with E-state index < -0.39 is 10.1 Å². The summed E-state index contributed by atoms with van der Waals surface area (Å²) in [5, 5.41) is 10.7. The van der Waals surface area contributed by atoms with Crippen LogP contribution in [0.4, 0.5) is 5.69 Å². The molecule has 2 aromatic carbocycles. The molecule has 1 aliphatic rings. The molecule has 6 nitrogen and oxygen atoms in total. The van der Waals surface area contributed by atoms with Crippen LogP contribution in [0, 0.1) is 5.41 Å². The second-order valence-electron chi connectivity index (χ2n) is 4.47. The number of hydrogen-bond acceptors (Lipinski definition) is 4. The first-order valence-electron chi connectivity index (χ1n) is 6.07. The SMILES string of the molecule is N=C1N/C(=N\c2ccc(S(=O)(=O)O)cc2)c2ccccc21. The first kappa shape index (κ1) is 13.5. The van der Waals surface area contributed by atoms with E-state index in [1.807, 2.05) is 24.3 Å². The third-order valence-corrected chi connectivity index (χ3v) is 3.94. The van der Waals surface area contributed by atoms with Gasteiger partial charge in [-0.25, -0.2) is 4.99 Å². The summed E-state index contributed by atoms with van der Waals surface area (Å²) in [7, 11) is -4.20. The van der Waals surface area contributed by atoms with Gasteiger partial charge in [0.25, 0.3) is 10.1 Å². The van der Waals surface area contributed by atoms with Crippen molar-refractivity contribution >= 4 is 27.5 Å². The van der Waals surface area contributed by atoms with Crippen LogP contribution in [0.25, 0.3) is 0 Å². The van der Waals surface area contributed by atoms with Gasteiger partial charge in [0.15, 0.2) is 0 Å². The van der Waals surface area contributed by atoms with E-state index in [0.29, 0.717) is 11.5 Å². The summed E-state index contributed by atoms with van der Waals surface area (Å²) in [6, 6.07) is 12.9. The van der Waals surface area contributed by atoms with E-state index in [-0.39, 0.29) is 10.7 Å². The molecule has 0 spiro atoms. The number of hydrogen-bond donors (Lipinski definition) is 3. The predicted molar refractivity (Wildman–Crippen MR) is 78.9 cm³/mol. The van der Waals surface area contributed by atoms with Gasteiger partial charge in [0.2, 0.25) is 0 Å².